The Morgan fingerprint density at radius 3 is 2.57 bits per heavy atom. The molecule has 1 atom stereocenters. The average molecular weight is 598 g/mol. The number of halogens is 1. The predicted octanol–water partition coefficient (Wildman–Crippen LogP) is 6.14. The number of nitrogens with zero attached hydrogens (tertiary/aromatic N) is 5. The number of likely N-dealkylation sites (tertiary alicyclic amines) is 1. The number of methoxy groups -OCH3 is 1. The molecule has 2 N–H and O–H groups in total. The van der Waals surface area contributed by atoms with Gasteiger partial charge in [0, 0.05) is 62.0 Å². The van der Waals surface area contributed by atoms with Crippen LogP contribution in [0.15, 0.2) is 67.6 Å². The van der Waals surface area contributed by atoms with Crippen LogP contribution in [0.2, 0.25) is 0 Å². The number of anilines is 4. The minimum Gasteiger partial charge on any atom is -0.495 e. The van der Waals surface area contributed by atoms with Gasteiger partial charge in [-0.15, -0.1) is 0 Å². The number of carbonyl (C=O) groups is 1. The topological polar surface area (TPSA) is 105 Å². The van der Waals surface area contributed by atoms with E-state index in [0.29, 0.717) is 53.0 Å². The van der Waals surface area contributed by atoms with Crippen LogP contribution in [-0.2, 0) is 4.79 Å². The van der Waals surface area contributed by atoms with Gasteiger partial charge in [0.05, 0.1) is 24.0 Å². The van der Waals surface area contributed by atoms with Gasteiger partial charge in [-0.05, 0) is 55.5 Å². The van der Waals surface area contributed by atoms with Crippen molar-refractivity contribution in [2.45, 2.75) is 32.2 Å². The number of fused-ring (bicyclic) bond motifs is 1. The van der Waals surface area contributed by atoms with Crippen molar-refractivity contribution >= 4 is 39.8 Å². The number of carbonyl (C=O) groups excluding carboxylic acids is 1. The molecule has 11 heteroatoms. The fourth-order valence-electron chi connectivity index (χ4n) is 5.76. The third kappa shape index (κ3) is 6.36. The standard InChI is InChI=1S/C33H36FN7O3/c1-4-32(42)40-13-9-22(10-14-40)38-29-17-25-28(18-30(29)43-3)36-20-37-33(25)39-27-6-5-23(15-26(27)34)44-24-7-11-35-31(16-24)41-12-8-21(2)19-41/h4-7,11,15-18,20-22,38H,1,8-10,12-14,19H2,2-3H3,(H,36,37,39). The van der Waals surface area contributed by atoms with Crippen LogP contribution in [0.1, 0.15) is 26.2 Å². The molecule has 0 aliphatic carbocycles. The largest absolute Gasteiger partial charge is 0.495 e. The highest BCUT2D eigenvalue weighted by molar-refractivity contribution is 5.95. The first kappa shape index (κ1) is 29.2. The van der Waals surface area contributed by atoms with Crippen molar-refractivity contribution in [2.24, 2.45) is 5.92 Å². The van der Waals surface area contributed by atoms with Crippen LogP contribution >= 0.6 is 0 Å². The highest BCUT2D eigenvalue weighted by Crippen LogP contribution is 2.35. The minimum absolute atomic E-state index is 0.0508. The van der Waals surface area contributed by atoms with Gasteiger partial charge in [0.15, 0.2) is 0 Å². The van der Waals surface area contributed by atoms with Crippen LogP contribution in [0.3, 0.4) is 0 Å². The van der Waals surface area contributed by atoms with Crippen LogP contribution in [0.4, 0.5) is 27.4 Å². The van der Waals surface area contributed by atoms with Crippen LogP contribution in [0.25, 0.3) is 10.9 Å². The third-order valence-electron chi connectivity index (χ3n) is 8.19. The molecular weight excluding hydrogens is 561 g/mol. The number of hydrogen-bond acceptors (Lipinski definition) is 9. The fourth-order valence-corrected chi connectivity index (χ4v) is 5.76. The van der Waals surface area contributed by atoms with Crippen molar-refractivity contribution in [2.75, 3.05) is 48.8 Å². The van der Waals surface area contributed by atoms with E-state index in [1.165, 1.54) is 18.5 Å². The molecule has 2 saturated heterocycles. The quantitative estimate of drug-likeness (QED) is 0.220. The Morgan fingerprint density at radius 2 is 1.84 bits per heavy atom. The van der Waals surface area contributed by atoms with Crippen molar-refractivity contribution in [3.05, 3.63) is 73.5 Å². The summed E-state index contributed by atoms with van der Waals surface area (Å²) in [5.74, 6) is 3.03. The summed E-state index contributed by atoms with van der Waals surface area (Å²) >= 11 is 0. The lowest BCUT2D eigenvalue weighted by Crippen LogP contribution is -2.41. The SMILES string of the molecule is C=CC(=O)N1CCC(Nc2cc3c(Nc4ccc(Oc5ccnc(N6CCC(C)C6)c5)cc4F)ncnc3cc2OC)CC1. The van der Waals surface area contributed by atoms with E-state index >= 15 is 4.39 Å². The molecule has 228 valence electrons. The van der Waals surface area contributed by atoms with Crippen molar-refractivity contribution in [1.29, 1.82) is 0 Å². The molecule has 4 aromatic rings. The molecule has 6 rings (SSSR count). The molecule has 1 unspecified atom stereocenters. The van der Waals surface area contributed by atoms with Gasteiger partial charge in [0.25, 0.3) is 0 Å². The monoisotopic (exact) mass is 597 g/mol. The zero-order valence-electron chi connectivity index (χ0n) is 24.9. The number of rotatable bonds is 9. The van der Waals surface area contributed by atoms with E-state index in [1.807, 2.05) is 18.2 Å². The van der Waals surface area contributed by atoms with E-state index in [9.17, 15) is 4.79 Å². The number of benzene rings is 2. The summed E-state index contributed by atoms with van der Waals surface area (Å²) < 4.78 is 27.0. The van der Waals surface area contributed by atoms with Crippen LogP contribution in [-0.4, -0.2) is 65.1 Å². The summed E-state index contributed by atoms with van der Waals surface area (Å²) in [4.78, 5) is 29.3. The van der Waals surface area contributed by atoms with Gasteiger partial charge >= 0.3 is 0 Å². The molecule has 2 fully saturated rings. The second kappa shape index (κ2) is 12.7. The molecule has 0 saturated carbocycles. The molecule has 2 aromatic carbocycles. The summed E-state index contributed by atoms with van der Waals surface area (Å²) in [6.45, 7) is 9.03. The first-order chi connectivity index (χ1) is 21.4. The number of pyridine rings is 1. The van der Waals surface area contributed by atoms with Crippen molar-refractivity contribution < 1.29 is 18.7 Å². The van der Waals surface area contributed by atoms with Gasteiger partial charge in [0.1, 0.15) is 41.0 Å². The van der Waals surface area contributed by atoms with E-state index in [-0.39, 0.29) is 17.6 Å². The molecule has 2 aliphatic heterocycles. The van der Waals surface area contributed by atoms with Crippen molar-refractivity contribution in [3.8, 4) is 17.2 Å². The fraction of sp³-hybridized carbons (Fsp3) is 0.333. The second-order valence-corrected chi connectivity index (χ2v) is 11.3. The Bertz CT molecular complexity index is 1680. The van der Waals surface area contributed by atoms with Gasteiger partial charge < -0.3 is 29.9 Å². The Hall–Kier alpha value is -4.93. The smallest absolute Gasteiger partial charge is 0.245 e. The highest BCUT2D eigenvalue weighted by Gasteiger charge is 2.23. The molecular formula is C33H36FN7O3. The molecule has 1 amide bonds. The second-order valence-electron chi connectivity index (χ2n) is 11.3. The van der Waals surface area contributed by atoms with Gasteiger partial charge in [-0.3, -0.25) is 4.79 Å². The summed E-state index contributed by atoms with van der Waals surface area (Å²) in [5.41, 5.74) is 1.68. The molecule has 44 heavy (non-hydrogen) atoms. The molecule has 2 aliphatic rings. The molecule has 0 spiro atoms. The number of nitrogens with one attached hydrogen (secondary N) is 2. The first-order valence-electron chi connectivity index (χ1n) is 14.9. The maximum atomic E-state index is 15.4. The van der Waals surface area contributed by atoms with E-state index in [1.54, 1.807) is 36.4 Å². The maximum absolute atomic E-state index is 15.4. The van der Waals surface area contributed by atoms with Crippen LogP contribution in [0.5, 0.6) is 17.2 Å². The molecule has 4 heterocycles. The summed E-state index contributed by atoms with van der Waals surface area (Å²) in [6, 6.07) is 12.2. The summed E-state index contributed by atoms with van der Waals surface area (Å²) in [6.07, 6.45) is 7.21. The van der Waals surface area contributed by atoms with Gasteiger partial charge in [-0.1, -0.05) is 13.5 Å². The van der Waals surface area contributed by atoms with E-state index in [4.69, 9.17) is 9.47 Å². The minimum atomic E-state index is -0.482. The Balaban J connectivity index is 1.18. The number of ether oxygens (including phenoxy) is 2. The molecule has 2 aromatic heterocycles. The molecule has 10 nitrogen and oxygen atoms in total. The van der Waals surface area contributed by atoms with E-state index in [2.05, 4.69) is 44.0 Å². The summed E-state index contributed by atoms with van der Waals surface area (Å²) in [5, 5.41) is 7.39. The van der Waals surface area contributed by atoms with Gasteiger partial charge in [0.2, 0.25) is 5.91 Å². The lowest BCUT2D eigenvalue weighted by Gasteiger charge is -2.32. The van der Waals surface area contributed by atoms with Gasteiger partial charge in [-0.25, -0.2) is 19.3 Å². The zero-order valence-corrected chi connectivity index (χ0v) is 24.9. The predicted molar refractivity (Wildman–Crippen MR) is 169 cm³/mol. The molecule has 0 bridgehead atoms. The number of hydrogen-bond donors (Lipinski definition) is 2. The summed E-state index contributed by atoms with van der Waals surface area (Å²) in [7, 11) is 1.61. The van der Waals surface area contributed by atoms with Crippen LogP contribution in [0, 0.1) is 11.7 Å². The third-order valence-corrected chi connectivity index (χ3v) is 8.19. The Morgan fingerprint density at radius 1 is 1.02 bits per heavy atom. The van der Waals surface area contributed by atoms with E-state index < -0.39 is 5.82 Å². The highest BCUT2D eigenvalue weighted by atomic mass is 19.1. The maximum Gasteiger partial charge on any atom is 0.245 e. The lowest BCUT2D eigenvalue weighted by atomic mass is 10.0. The Kier molecular flexibility index (Phi) is 8.44. The normalized spacial score (nSPS) is 17.0. The Labute approximate surface area is 255 Å². The average Bonchev–Trinajstić information content (AvgIpc) is 3.48. The first-order valence-corrected chi connectivity index (χ1v) is 14.9. The number of piperidine rings is 1. The lowest BCUT2D eigenvalue weighted by molar-refractivity contribution is -0.126. The zero-order chi connectivity index (χ0) is 30.6. The van der Waals surface area contributed by atoms with Crippen LogP contribution < -0.4 is 25.0 Å². The molecule has 0 radical (unpaired) electrons. The van der Waals surface area contributed by atoms with E-state index in [0.717, 1.165) is 43.9 Å². The van der Waals surface area contributed by atoms with Crippen molar-refractivity contribution in [1.82, 2.24) is 19.9 Å². The van der Waals surface area contributed by atoms with Gasteiger partial charge in [-0.2, -0.15) is 0 Å². The van der Waals surface area contributed by atoms with Crippen molar-refractivity contribution in [3.63, 3.8) is 0 Å². The number of aromatic nitrogens is 3. The number of amides is 1.